The molecule has 0 saturated carbocycles. The smallest absolute Gasteiger partial charge is 0.405 e. The van der Waals surface area contributed by atoms with Crippen LogP contribution in [0.1, 0.15) is 23.2 Å². The van der Waals surface area contributed by atoms with Gasteiger partial charge < -0.3 is 21.1 Å². The molecule has 0 radical (unpaired) electrons. The van der Waals surface area contributed by atoms with Gasteiger partial charge in [0.2, 0.25) is 5.95 Å². The molecule has 2 heterocycles. The van der Waals surface area contributed by atoms with Crippen LogP contribution in [0.5, 0.6) is 5.75 Å². The minimum Gasteiger partial charge on any atom is -0.492 e. The molecule has 1 aromatic carbocycles. The minimum absolute atomic E-state index is 0.0207. The van der Waals surface area contributed by atoms with E-state index in [-0.39, 0.29) is 17.3 Å². The topological polar surface area (TPSA) is 105 Å². The van der Waals surface area contributed by atoms with Crippen LogP contribution in [0.15, 0.2) is 30.5 Å². The number of carbonyl (C=O) groups excluding carboxylic acids is 1. The summed E-state index contributed by atoms with van der Waals surface area (Å²) in [6.07, 6.45) is -0.934. The van der Waals surface area contributed by atoms with Gasteiger partial charge in [0.05, 0.1) is 5.56 Å². The maximum atomic E-state index is 12.5. The number of halogens is 3. The fraction of sp³-hybridized carbons (Fsp3) is 0.421. The van der Waals surface area contributed by atoms with Gasteiger partial charge in [-0.2, -0.15) is 18.2 Å². The molecular weight excluding hydrogens is 401 g/mol. The monoisotopic (exact) mass is 424 g/mol. The molecule has 3 rings (SSSR count). The lowest BCUT2D eigenvalue weighted by atomic mass is 10.3. The molecular formula is C19H23F3N6O2. The molecule has 0 unspecified atom stereocenters. The van der Waals surface area contributed by atoms with Gasteiger partial charge in [0, 0.05) is 18.4 Å². The molecule has 1 saturated heterocycles. The van der Waals surface area contributed by atoms with Gasteiger partial charge in [-0.15, -0.1) is 0 Å². The van der Waals surface area contributed by atoms with E-state index in [0.29, 0.717) is 18.0 Å². The zero-order chi connectivity index (χ0) is 21.6. The Balaban J connectivity index is 1.59. The number of nitrogens with two attached hydrogens (primary N) is 1. The summed E-state index contributed by atoms with van der Waals surface area (Å²) in [6, 6.07) is 7.01. The molecule has 1 fully saturated rings. The number of hydrogen-bond donors (Lipinski definition) is 3. The van der Waals surface area contributed by atoms with Crippen LogP contribution >= 0.6 is 0 Å². The van der Waals surface area contributed by atoms with Crippen molar-refractivity contribution in [1.29, 1.82) is 0 Å². The molecule has 162 valence electrons. The molecule has 8 nitrogen and oxygen atoms in total. The average Bonchev–Trinajstić information content (AvgIpc) is 3.21. The van der Waals surface area contributed by atoms with Crippen molar-refractivity contribution in [2.75, 3.05) is 43.4 Å². The van der Waals surface area contributed by atoms with E-state index in [1.165, 1.54) is 12.8 Å². The molecule has 0 spiro atoms. The number of hydrogen-bond acceptors (Lipinski definition) is 7. The number of amides is 1. The Hall–Kier alpha value is -3.08. The molecule has 1 amide bonds. The van der Waals surface area contributed by atoms with Crippen molar-refractivity contribution < 1.29 is 22.7 Å². The molecule has 11 heteroatoms. The Morgan fingerprint density at radius 1 is 1.20 bits per heavy atom. The Morgan fingerprint density at radius 3 is 2.53 bits per heavy atom. The first kappa shape index (κ1) is 21.6. The van der Waals surface area contributed by atoms with E-state index in [0.717, 1.165) is 25.8 Å². The standard InChI is InChI=1S/C19H23F3N6O2/c20-19(21,22)12-25-17-15(16(23)29)11-24-18(27-17)26-13-3-5-14(6-4-13)30-10-9-28-7-1-2-8-28/h3-6,11H,1-2,7-10,12H2,(H2,23,29)(H2,24,25,26,27). The zero-order valence-corrected chi connectivity index (χ0v) is 16.2. The molecule has 30 heavy (non-hydrogen) atoms. The first-order chi connectivity index (χ1) is 14.3. The van der Waals surface area contributed by atoms with Gasteiger partial charge in [-0.1, -0.05) is 0 Å². The number of nitrogens with one attached hydrogen (secondary N) is 2. The number of nitrogens with zero attached hydrogens (tertiary/aromatic N) is 3. The lowest BCUT2D eigenvalue weighted by Gasteiger charge is -2.15. The van der Waals surface area contributed by atoms with E-state index >= 15 is 0 Å². The number of aromatic nitrogens is 2. The Labute approximate surface area is 171 Å². The fourth-order valence-corrected chi connectivity index (χ4v) is 3.00. The summed E-state index contributed by atoms with van der Waals surface area (Å²) < 4.78 is 43.2. The maximum absolute atomic E-state index is 12.5. The highest BCUT2D eigenvalue weighted by Gasteiger charge is 2.28. The number of primary amides is 1. The van der Waals surface area contributed by atoms with Crippen molar-refractivity contribution >= 4 is 23.4 Å². The predicted octanol–water partition coefficient (Wildman–Crippen LogP) is 2.77. The van der Waals surface area contributed by atoms with E-state index in [1.807, 2.05) is 0 Å². The van der Waals surface area contributed by atoms with Gasteiger partial charge in [-0.25, -0.2) is 4.98 Å². The third-order valence-electron chi connectivity index (χ3n) is 4.50. The number of benzene rings is 1. The van der Waals surface area contributed by atoms with Crippen molar-refractivity contribution in [3.63, 3.8) is 0 Å². The van der Waals surface area contributed by atoms with Crippen LogP contribution in [0.2, 0.25) is 0 Å². The van der Waals surface area contributed by atoms with Crippen molar-refractivity contribution in [2.24, 2.45) is 5.73 Å². The van der Waals surface area contributed by atoms with E-state index in [9.17, 15) is 18.0 Å². The van der Waals surface area contributed by atoms with Crippen molar-refractivity contribution in [1.82, 2.24) is 14.9 Å². The van der Waals surface area contributed by atoms with Gasteiger partial charge in [-0.05, 0) is 50.2 Å². The van der Waals surface area contributed by atoms with Crippen LogP contribution in [-0.4, -0.2) is 59.7 Å². The first-order valence-electron chi connectivity index (χ1n) is 9.50. The number of rotatable bonds is 9. The normalized spacial score (nSPS) is 14.5. The number of carbonyl (C=O) groups is 1. The van der Waals surface area contributed by atoms with Gasteiger partial charge in [0.15, 0.2) is 0 Å². The minimum atomic E-state index is -4.47. The molecule has 1 aliphatic heterocycles. The highest BCUT2D eigenvalue weighted by atomic mass is 19.4. The number of likely N-dealkylation sites (tertiary alicyclic amines) is 1. The number of anilines is 3. The van der Waals surface area contributed by atoms with Crippen LogP contribution in [0.4, 0.5) is 30.6 Å². The highest BCUT2D eigenvalue weighted by molar-refractivity contribution is 5.97. The van der Waals surface area contributed by atoms with Crippen molar-refractivity contribution in [3.05, 3.63) is 36.0 Å². The summed E-state index contributed by atoms with van der Waals surface area (Å²) in [5.74, 6) is -0.495. The SMILES string of the molecule is NC(=O)c1cnc(Nc2ccc(OCCN3CCCC3)cc2)nc1NCC(F)(F)F. The Morgan fingerprint density at radius 2 is 1.90 bits per heavy atom. The van der Waals surface area contributed by atoms with Gasteiger partial charge in [-0.3, -0.25) is 9.69 Å². The highest BCUT2D eigenvalue weighted by Crippen LogP contribution is 2.22. The molecule has 0 bridgehead atoms. The van der Waals surface area contributed by atoms with Gasteiger partial charge in [0.1, 0.15) is 24.7 Å². The summed E-state index contributed by atoms with van der Waals surface area (Å²) >= 11 is 0. The second kappa shape index (κ2) is 9.61. The third kappa shape index (κ3) is 6.48. The lowest BCUT2D eigenvalue weighted by molar-refractivity contribution is -0.115. The van der Waals surface area contributed by atoms with Crippen LogP contribution < -0.4 is 21.1 Å². The van der Waals surface area contributed by atoms with Gasteiger partial charge >= 0.3 is 6.18 Å². The summed E-state index contributed by atoms with van der Waals surface area (Å²) in [7, 11) is 0. The quantitative estimate of drug-likeness (QED) is 0.568. The Kier molecular flexibility index (Phi) is 6.93. The molecule has 0 atom stereocenters. The molecule has 1 aliphatic rings. The molecule has 0 aliphatic carbocycles. The number of ether oxygens (including phenoxy) is 1. The second-order valence-corrected chi connectivity index (χ2v) is 6.84. The number of alkyl halides is 3. The average molecular weight is 424 g/mol. The summed E-state index contributed by atoms with van der Waals surface area (Å²) in [6.45, 7) is 2.35. The predicted molar refractivity (Wildman–Crippen MR) is 106 cm³/mol. The molecule has 1 aromatic heterocycles. The molecule has 4 N–H and O–H groups in total. The maximum Gasteiger partial charge on any atom is 0.405 e. The third-order valence-corrected chi connectivity index (χ3v) is 4.50. The van der Waals surface area contributed by atoms with Crippen LogP contribution in [0, 0.1) is 0 Å². The summed E-state index contributed by atoms with van der Waals surface area (Å²) in [5.41, 5.74) is 5.55. The van der Waals surface area contributed by atoms with Crippen LogP contribution in [0.25, 0.3) is 0 Å². The summed E-state index contributed by atoms with van der Waals surface area (Å²) in [4.78, 5) is 21.6. The largest absolute Gasteiger partial charge is 0.492 e. The fourth-order valence-electron chi connectivity index (χ4n) is 3.00. The lowest BCUT2D eigenvalue weighted by Crippen LogP contribution is -2.25. The Bertz CT molecular complexity index is 854. The van der Waals surface area contributed by atoms with Crippen molar-refractivity contribution in [3.8, 4) is 5.75 Å². The van der Waals surface area contributed by atoms with E-state index in [4.69, 9.17) is 10.5 Å². The van der Waals surface area contributed by atoms with Crippen LogP contribution in [0.3, 0.4) is 0 Å². The molecule has 2 aromatic rings. The van der Waals surface area contributed by atoms with Crippen molar-refractivity contribution in [2.45, 2.75) is 19.0 Å². The van der Waals surface area contributed by atoms with Gasteiger partial charge in [0.25, 0.3) is 5.91 Å². The zero-order valence-electron chi connectivity index (χ0n) is 16.2. The van der Waals surface area contributed by atoms with E-state index < -0.39 is 18.6 Å². The van der Waals surface area contributed by atoms with Crippen LogP contribution in [-0.2, 0) is 0 Å². The second-order valence-electron chi connectivity index (χ2n) is 6.84. The van der Waals surface area contributed by atoms with E-state index in [2.05, 4.69) is 25.5 Å². The van der Waals surface area contributed by atoms with E-state index in [1.54, 1.807) is 24.3 Å². The summed E-state index contributed by atoms with van der Waals surface area (Å²) in [5, 5.41) is 4.95. The first-order valence-corrected chi connectivity index (χ1v) is 9.50.